The summed E-state index contributed by atoms with van der Waals surface area (Å²) in [5, 5.41) is 4.46. The van der Waals surface area contributed by atoms with Crippen LogP contribution in [-0.4, -0.2) is 18.8 Å². The normalized spacial score (nSPS) is 21.0. The highest BCUT2D eigenvalue weighted by Gasteiger charge is 2.13. The molecule has 1 saturated heterocycles. The predicted molar refractivity (Wildman–Crippen MR) is 72.6 cm³/mol. The largest absolute Gasteiger partial charge is 0.314 e. The monoisotopic (exact) mass is 255 g/mol. The van der Waals surface area contributed by atoms with E-state index in [0.717, 1.165) is 11.4 Å². The van der Waals surface area contributed by atoms with Gasteiger partial charge in [0, 0.05) is 10.9 Å². The molecule has 0 saturated carbocycles. The second-order valence-corrected chi connectivity index (χ2v) is 5.58. The Morgan fingerprint density at radius 2 is 2.31 bits per heavy atom. The van der Waals surface area contributed by atoms with Crippen molar-refractivity contribution >= 4 is 23.4 Å². The van der Waals surface area contributed by atoms with Crippen LogP contribution in [0.2, 0.25) is 5.02 Å². The van der Waals surface area contributed by atoms with E-state index in [0.29, 0.717) is 6.04 Å². The smallest absolute Gasteiger partial charge is 0.0544 e. The molecular formula is C13H18ClNS. The van der Waals surface area contributed by atoms with Gasteiger partial charge in [0.15, 0.2) is 0 Å². The maximum Gasteiger partial charge on any atom is 0.0544 e. The SMILES string of the molecule is CSc1ccc(CC2CCCCN2)cc1Cl. The molecule has 1 heterocycles. The number of piperidine rings is 1. The molecule has 1 aliphatic rings. The minimum Gasteiger partial charge on any atom is -0.314 e. The van der Waals surface area contributed by atoms with Gasteiger partial charge in [-0.15, -0.1) is 11.8 Å². The molecule has 0 radical (unpaired) electrons. The van der Waals surface area contributed by atoms with E-state index in [-0.39, 0.29) is 0 Å². The lowest BCUT2D eigenvalue weighted by Gasteiger charge is -2.23. The summed E-state index contributed by atoms with van der Waals surface area (Å²) in [6.45, 7) is 1.17. The Balaban J connectivity index is 2.01. The standard InChI is InChI=1S/C13H18ClNS/c1-16-13-6-5-10(9-12(13)14)8-11-4-2-3-7-15-11/h5-6,9,11,15H,2-4,7-8H2,1H3. The van der Waals surface area contributed by atoms with Gasteiger partial charge < -0.3 is 5.32 Å². The quantitative estimate of drug-likeness (QED) is 0.826. The maximum absolute atomic E-state index is 6.21. The van der Waals surface area contributed by atoms with Gasteiger partial charge in [0.25, 0.3) is 0 Å². The molecule has 88 valence electrons. The minimum atomic E-state index is 0.643. The fraction of sp³-hybridized carbons (Fsp3) is 0.538. The molecule has 1 aromatic rings. The Morgan fingerprint density at radius 3 is 2.94 bits per heavy atom. The van der Waals surface area contributed by atoms with Crippen molar-refractivity contribution in [3.05, 3.63) is 28.8 Å². The number of hydrogen-bond acceptors (Lipinski definition) is 2. The van der Waals surface area contributed by atoms with Gasteiger partial charge in [-0.1, -0.05) is 24.1 Å². The Labute approximate surface area is 107 Å². The third kappa shape index (κ3) is 3.16. The first-order valence-electron chi connectivity index (χ1n) is 5.85. The summed E-state index contributed by atoms with van der Waals surface area (Å²) in [6.07, 6.45) is 7.14. The highest BCUT2D eigenvalue weighted by Crippen LogP contribution is 2.26. The summed E-state index contributed by atoms with van der Waals surface area (Å²) in [7, 11) is 0. The Hall–Kier alpha value is -0.180. The lowest BCUT2D eigenvalue weighted by molar-refractivity contribution is 0.399. The molecule has 1 atom stereocenters. The molecular weight excluding hydrogens is 238 g/mol. The van der Waals surface area contributed by atoms with Crippen molar-refractivity contribution in [2.45, 2.75) is 36.6 Å². The zero-order valence-corrected chi connectivity index (χ0v) is 11.2. The first kappa shape index (κ1) is 12.3. The summed E-state index contributed by atoms with van der Waals surface area (Å²) < 4.78 is 0. The van der Waals surface area contributed by atoms with Crippen LogP contribution in [0.5, 0.6) is 0 Å². The molecule has 1 aromatic carbocycles. The van der Waals surface area contributed by atoms with Gasteiger partial charge in [0.1, 0.15) is 0 Å². The molecule has 1 N–H and O–H groups in total. The Morgan fingerprint density at radius 1 is 1.44 bits per heavy atom. The van der Waals surface area contributed by atoms with Crippen LogP contribution in [0.25, 0.3) is 0 Å². The molecule has 16 heavy (non-hydrogen) atoms. The third-order valence-electron chi connectivity index (χ3n) is 3.11. The van der Waals surface area contributed by atoms with E-state index in [9.17, 15) is 0 Å². The number of rotatable bonds is 3. The van der Waals surface area contributed by atoms with Crippen LogP contribution in [0.15, 0.2) is 23.1 Å². The van der Waals surface area contributed by atoms with E-state index in [1.165, 1.54) is 36.3 Å². The number of benzene rings is 1. The van der Waals surface area contributed by atoms with E-state index in [1.54, 1.807) is 11.8 Å². The number of thioether (sulfide) groups is 1. The van der Waals surface area contributed by atoms with E-state index in [4.69, 9.17) is 11.6 Å². The second-order valence-electron chi connectivity index (χ2n) is 4.32. The summed E-state index contributed by atoms with van der Waals surface area (Å²) >= 11 is 7.91. The first-order chi connectivity index (χ1) is 7.79. The van der Waals surface area contributed by atoms with Crippen LogP contribution < -0.4 is 5.32 Å². The van der Waals surface area contributed by atoms with Gasteiger partial charge in [-0.05, 0) is 49.8 Å². The average molecular weight is 256 g/mol. The molecule has 3 heteroatoms. The van der Waals surface area contributed by atoms with Crippen LogP contribution in [0, 0.1) is 0 Å². The fourth-order valence-corrected chi connectivity index (χ4v) is 3.11. The molecule has 0 amide bonds. The van der Waals surface area contributed by atoms with Gasteiger partial charge in [-0.2, -0.15) is 0 Å². The topological polar surface area (TPSA) is 12.0 Å². The van der Waals surface area contributed by atoms with Crippen molar-refractivity contribution in [2.75, 3.05) is 12.8 Å². The molecule has 2 rings (SSSR count). The molecule has 1 fully saturated rings. The van der Waals surface area contributed by atoms with Crippen molar-refractivity contribution in [1.82, 2.24) is 5.32 Å². The summed E-state index contributed by atoms with van der Waals surface area (Å²) in [5.74, 6) is 0. The number of hydrogen-bond donors (Lipinski definition) is 1. The average Bonchev–Trinajstić information content (AvgIpc) is 2.31. The lowest BCUT2D eigenvalue weighted by atomic mass is 9.98. The van der Waals surface area contributed by atoms with Crippen LogP contribution in [0.1, 0.15) is 24.8 Å². The van der Waals surface area contributed by atoms with Gasteiger partial charge in [0.2, 0.25) is 0 Å². The maximum atomic E-state index is 6.21. The summed E-state index contributed by atoms with van der Waals surface area (Å²) in [5.41, 5.74) is 1.35. The molecule has 0 aliphatic carbocycles. The zero-order valence-electron chi connectivity index (χ0n) is 9.63. The van der Waals surface area contributed by atoms with Crippen LogP contribution in [0.3, 0.4) is 0 Å². The third-order valence-corrected chi connectivity index (χ3v) is 4.33. The van der Waals surface area contributed by atoms with Crippen molar-refractivity contribution in [2.24, 2.45) is 0 Å². The predicted octanol–water partition coefficient (Wildman–Crippen LogP) is 3.75. The van der Waals surface area contributed by atoms with Crippen molar-refractivity contribution in [3.63, 3.8) is 0 Å². The molecule has 1 unspecified atom stereocenters. The summed E-state index contributed by atoms with van der Waals surface area (Å²) in [6, 6.07) is 7.09. The van der Waals surface area contributed by atoms with Gasteiger partial charge in [0.05, 0.1) is 5.02 Å². The van der Waals surface area contributed by atoms with Crippen LogP contribution in [-0.2, 0) is 6.42 Å². The van der Waals surface area contributed by atoms with E-state index in [1.807, 2.05) is 0 Å². The zero-order chi connectivity index (χ0) is 11.4. The van der Waals surface area contributed by atoms with Gasteiger partial charge >= 0.3 is 0 Å². The van der Waals surface area contributed by atoms with E-state index in [2.05, 4.69) is 29.8 Å². The Bertz CT molecular complexity index is 348. The first-order valence-corrected chi connectivity index (χ1v) is 7.45. The van der Waals surface area contributed by atoms with Gasteiger partial charge in [-0.25, -0.2) is 0 Å². The van der Waals surface area contributed by atoms with Crippen LogP contribution >= 0.6 is 23.4 Å². The molecule has 1 aliphatic heterocycles. The lowest BCUT2D eigenvalue weighted by Crippen LogP contribution is -2.35. The van der Waals surface area contributed by atoms with Crippen molar-refractivity contribution in [1.29, 1.82) is 0 Å². The van der Waals surface area contributed by atoms with E-state index >= 15 is 0 Å². The number of nitrogens with one attached hydrogen (secondary N) is 1. The highest BCUT2D eigenvalue weighted by molar-refractivity contribution is 7.98. The van der Waals surface area contributed by atoms with Crippen molar-refractivity contribution < 1.29 is 0 Å². The minimum absolute atomic E-state index is 0.643. The fourth-order valence-electron chi connectivity index (χ4n) is 2.22. The molecule has 0 spiro atoms. The van der Waals surface area contributed by atoms with Gasteiger partial charge in [-0.3, -0.25) is 0 Å². The second kappa shape index (κ2) is 5.95. The molecule has 0 aromatic heterocycles. The van der Waals surface area contributed by atoms with E-state index < -0.39 is 0 Å². The number of halogens is 1. The van der Waals surface area contributed by atoms with Crippen molar-refractivity contribution in [3.8, 4) is 0 Å². The molecule has 1 nitrogen and oxygen atoms in total. The Kier molecular flexibility index (Phi) is 4.56. The summed E-state index contributed by atoms with van der Waals surface area (Å²) in [4.78, 5) is 1.17. The van der Waals surface area contributed by atoms with Crippen LogP contribution in [0.4, 0.5) is 0 Å². The highest BCUT2D eigenvalue weighted by atomic mass is 35.5. The molecule has 0 bridgehead atoms.